The van der Waals surface area contributed by atoms with Gasteiger partial charge in [-0.3, -0.25) is 0 Å². The van der Waals surface area contributed by atoms with E-state index in [9.17, 15) is 0 Å². The molecule has 2 heterocycles. The highest BCUT2D eigenvalue weighted by molar-refractivity contribution is 5.80. The minimum atomic E-state index is 0.146. The van der Waals surface area contributed by atoms with E-state index < -0.39 is 0 Å². The van der Waals surface area contributed by atoms with Gasteiger partial charge in [0.2, 0.25) is 0 Å². The number of benzene rings is 3. The summed E-state index contributed by atoms with van der Waals surface area (Å²) in [5, 5.41) is 0. The van der Waals surface area contributed by atoms with E-state index in [0.717, 1.165) is 35.6 Å². The zero-order valence-electron chi connectivity index (χ0n) is 21.5. The maximum absolute atomic E-state index is 4.39. The van der Waals surface area contributed by atoms with Crippen LogP contribution in [0.4, 0.5) is 22.7 Å². The summed E-state index contributed by atoms with van der Waals surface area (Å²) in [4.78, 5) is 4.60. The quantitative estimate of drug-likeness (QED) is 0.387. The first-order chi connectivity index (χ1) is 15.9. The molecule has 2 heteroatoms. The maximum Gasteiger partial charge on any atom is 0.0494 e. The Morgan fingerprint density at radius 2 is 0.912 bits per heavy atom. The normalized spacial score (nSPS) is 15.7. The number of hydrogen-bond donors (Lipinski definition) is 0. The summed E-state index contributed by atoms with van der Waals surface area (Å²) in [6.07, 6.45) is 1.79. The van der Waals surface area contributed by atoms with Crippen molar-refractivity contribution in [3.63, 3.8) is 0 Å². The predicted octanol–water partition coefficient (Wildman–Crippen LogP) is 8.70. The van der Waals surface area contributed by atoms with Gasteiger partial charge in [0.25, 0.3) is 0 Å². The van der Waals surface area contributed by atoms with E-state index in [2.05, 4.69) is 125 Å². The van der Waals surface area contributed by atoms with Crippen LogP contribution >= 0.6 is 0 Å². The largest absolute Gasteiger partial charge is 0.314 e. The van der Waals surface area contributed by atoms with Gasteiger partial charge in [0.1, 0.15) is 0 Å². The molecule has 2 aliphatic rings. The summed E-state index contributed by atoms with van der Waals surface area (Å²) < 4.78 is 0. The number of fused-ring (bicyclic) bond motifs is 2. The Labute approximate surface area is 205 Å². The van der Waals surface area contributed by atoms with Crippen molar-refractivity contribution in [1.82, 2.24) is 0 Å². The molecule has 0 amide bonds. The lowest BCUT2D eigenvalue weighted by Gasteiger charge is -2.25. The fourth-order valence-electron chi connectivity index (χ4n) is 5.16. The van der Waals surface area contributed by atoms with Gasteiger partial charge in [-0.25, -0.2) is 0 Å². The maximum atomic E-state index is 4.39. The second-order valence-corrected chi connectivity index (χ2v) is 11.9. The lowest BCUT2D eigenvalue weighted by atomic mass is 9.86. The molecule has 2 nitrogen and oxygen atoms in total. The van der Waals surface area contributed by atoms with Crippen LogP contribution < -0.4 is 9.80 Å². The molecule has 0 atom stereocenters. The molecule has 3 aromatic carbocycles. The van der Waals surface area contributed by atoms with Crippen molar-refractivity contribution < 1.29 is 0 Å². The molecule has 0 saturated heterocycles. The average Bonchev–Trinajstić information content (AvgIpc) is 3.26. The molecule has 174 valence electrons. The molecule has 0 N–H and O–H groups in total. The van der Waals surface area contributed by atoms with E-state index in [1.54, 1.807) is 0 Å². The van der Waals surface area contributed by atoms with E-state index in [-0.39, 0.29) is 10.8 Å². The van der Waals surface area contributed by atoms with Crippen LogP contribution in [0.3, 0.4) is 0 Å². The Morgan fingerprint density at radius 1 is 0.559 bits per heavy atom. The Kier molecular flexibility index (Phi) is 5.06. The number of hydrogen-bond acceptors (Lipinski definition) is 2. The molecule has 0 unspecified atom stereocenters. The van der Waals surface area contributed by atoms with Crippen LogP contribution in [-0.2, 0) is 23.7 Å². The Bertz CT molecular complexity index is 1190. The van der Waals surface area contributed by atoms with Crippen LogP contribution in [0.5, 0.6) is 0 Å². The molecular formula is C32H36N2. The number of allylic oxidation sites excluding steroid dienone is 2. The van der Waals surface area contributed by atoms with Crippen molar-refractivity contribution in [2.75, 3.05) is 9.80 Å². The molecule has 0 bridgehead atoms. The molecule has 0 saturated carbocycles. The van der Waals surface area contributed by atoms with Crippen molar-refractivity contribution >= 4 is 22.7 Å². The van der Waals surface area contributed by atoms with Crippen molar-refractivity contribution in [3.05, 3.63) is 107 Å². The molecule has 3 aromatic rings. The van der Waals surface area contributed by atoms with Gasteiger partial charge in [-0.1, -0.05) is 79.0 Å². The monoisotopic (exact) mass is 448 g/mol. The molecule has 0 spiro atoms. The molecule has 0 radical (unpaired) electrons. The van der Waals surface area contributed by atoms with E-state index >= 15 is 0 Å². The second-order valence-electron chi connectivity index (χ2n) is 11.9. The third-order valence-corrected chi connectivity index (χ3v) is 7.16. The van der Waals surface area contributed by atoms with E-state index in [0.29, 0.717) is 0 Å². The molecule has 34 heavy (non-hydrogen) atoms. The van der Waals surface area contributed by atoms with E-state index in [4.69, 9.17) is 0 Å². The average molecular weight is 449 g/mol. The summed E-state index contributed by atoms with van der Waals surface area (Å²) in [6, 6.07) is 22.6. The van der Waals surface area contributed by atoms with E-state index in [1.807, 2.05) is 0 Å². The van der Waals surface area contributed by atoms with Gasteiger partial charge < -0.3 is 9.80 Å². The van der Waals surface area contributed by atoms with Gasteiger partial charge >= 0.3 is 0 Å². The van der Waals surface area contributed by atoms with Gasteiger partial charge in [0.05, 0.1) is 0 Å². The van der Waals surface area contributed by atoms with Crippen molar-refractivity contribution in [3.8, 4) is 0 Å². The lowest BCUT2D eigenvalue weighted by molar-refractivity contribution is 0.589. The van der Waals surface area contributed by atoms with Gasteiger partial charge in [-0.05, 0) is 69.5 Å². The fourth-order valence-corrected chi connectivity index (χ4v) is 5.16. The van der Waals surface area contributed by atoms with E-state index in [1.165, 1.54) is 33.6 Å². The zero-order chi connectivity index (χ0) is 24.4. The second kappa shape index (κ2) is 7.63. The molecule has 0 fully saturated rings. The lowest BCUT2D eigenvalue weighted by Crippen LogP contribution is -2.14. The zero-order valence-corrected chi connectivity index (χ0v) is 21.5. The van der Waals surface area contributed by atoms with Crippen molar-refractivity contribution in [1.29, 1.82) is 0 Å². The standard InChI is InChI=1S/C32H36N2/c1-21-17-23-19-25(31(3,4)5)9-15-29(23)33(21)27-11-13-28(14-12-27)34-22(2)18-24-20-26(32(6,7)8)10-16-30(24)34/h9-16,19-20H,1-2,17-18H2,3-8H3. The topological polar surface area (TPSA) is 6.48 Å². The molecule has 0 aromatic heterocycles. The fraction of sp³-hybridized carbons (Fsp3) is 0.312. The van der Waals surface area contributed by atoms with Gasteiger partial charge in [-0.15, -0.1) is 0 Å². The number of rotatable bonds is 2. The Balaban J connectivity index is 1.45. The Morgan fingerprint density at radius 3 is 1.24 bits per heavy atom. The predicted molar refractivity (Wildman–Crippen MR) is 147 cm³/mol. The summed E-state index contributed by atoms with van der Waals surface area (Å²) >= 11 is 0. The van der Waals surface area contributed by atoms with Gasteiger partial charge in [0, 0.05) is 47.0 Å². The first-order valence-corrected chi connectivity index (χ1v) is 12.3. The van der Waals surface area contributed by atoms with Gasteiger partial charge in [0.15, 0.2) is 0 Å². The third kappa shape index (κ3) is 3.76. The highest BCUT2D eigenvalue weighted by atomic mass is 15.2. The van der Waals surface area contributed by atoms with Crippen LogP contribution in [0.1, 0.15) is 63.8 Å². The smallest absolute Gasteiger partial charge is 0.0494 e. The van der Waals surface area contributed by atoms with Gasteiger partial charge in [-0.2, -0.15) is 0 Å². The molecule has 0 aliphatic carbocycles. The molecular weight excluding hydrogens is 412 g/mol. The summed E-state index contributed by atoms with van der Waals surface area (Å²) in [7, 11) is 0. The van der Waals surface area contributed by atoms with Crippen LogP contribution in [-0.4, -0.2) is 0 Å². The van der Waals surface area contributed by atoms with Crippen molar-refractivity contribution in [2.24, 2.45) is 0 Å². The Hall–Kier alpha value is -3.26. The third-order valence-electron chi connectivity index (χ3n) is 7.16. The minimum absolute atomic E-state index is 0.146. The van der Waals surface area contributed by atoms with Crippen LogP contribution in [0.25, 0.3) is 0 Å². The summed E-state index contributed by atoms with van der Waals surface area (Å²) in [5.41, 5.74) is 12.8. The number of nitrogens with zero attached hydrogens (tertiary/aromatic N) is 2. The summed E-state index contributed by atoms with van der Waals surface area (Å²) in [5.74, 6) is 0. The summed E-state index contributed by atoms with van der Waals surface area (Å²) in [6.45, 7) is 22.4. The first kappa shape index (κ1) is 22.5. The van der Waals surface area contributed by atoms with Crippen molar-refractivity contribution in [2.45, 2.75) is 65.2 Å². The highest BCUT2D eigenvalue weighted by Gasteiger charge is 2.28. The molecule has 2 aliphatic heterocycles. The minimum Gasteiger partial charge on any atom is -0.314 e. The van der Waals surface area contributed by atoms with Crippen LogP contribution in [0.15, 0.2) is 85.2 Å². The SMILES string of the molecule is C=C1Cc2cc(C(C)(C)C)ccc2N1c1ccc(N2C(=C)Cc3cc(C(C)(C)C)ccc32)cc1. The van der Waals surface area contributed by atoms with Crippen LogP contribution in [0, 0.1) is 0 Å². The highest BCUT2D eigenvalue weighted by Crippen LogP contribution is 2.44. The van der Waals surface area contributed by atoms with Crippen LogP contribution in [0.2, 0.25) is 0 Å². The molecule has 5 rings (SSSR count). The number of anilines is 4. The first-order valence-electron chi connectivity index (χ1n) is 12.3.